The lowest BCUT2D eigenvalue weighted by Gasteiger charge is -2.29. The number of carboxylic acid groups (broad SMARTS) is 1. The maximum atomic E-state index is 10.6. The number of rotatable bonds is 8. The van der Waals surface area contributed by atoms with Crippen molar-refractivity contribution in [3.63, 3.8) is 0 Å². The fourth-order valence-electron chi connectivity index (χ4n) is 4.19. The van der Waals surface area contributed by atoms with Gasteiger partial charge >= 0.3 is 12.1 Å². The first-order valence-electron chi connectivity index (χ1n) is 12.3. The normalized spacial score (nSPS) is 17.1. The summed E-state index contributed by atoms with van der Waals surface area (Å²) in [6, 6.07) is 12.6. The van der Waals surface area contributed by atoms with E-state index >= 15 is 0 Å². The summed E-state index contributed by atoms with van der Waals surface area (Å²) in [6.45, 7) is 3.07. The predicted molar refractivity (Wildman–Crippen MR) is 139 cm³/mol. The average molecular weight is 549 g/mol. The molecule has 0 saturated heterocycles. The van der Waals surface area contributed by atoms with E-state index in [2.05, 4.69) is 21.8 Å². The van der Waals surface area contributed by atoms with Crippen LogP contribution in [0.1, 0.15) is 36.8 Å². The maximum absolute atomic E-state index is 10.6. The van der Waals surface area contributed by atoms with Gasteiger partial charge in [-0.15, -0.1) is 0 Å². The monoisotopic (exact) mass is 548 g/mol. The highest BCUT2D eigenvalue weighted by Crippen LogP contribution is 2.35. The number of carbonyl (C=O) groups is 1. The van der Waals surface area contributed by atoms with Crippen LogP contribution in [0.5, 0.6) is 5.75 Å². The molecule has 1 saturated carbocycles. The van der Waals surface area contributed by atoms with Gasteiger partial charge in [-0.25, -0.2) is 9.31 Å². The number of fused-ring (bicyclic) bond motifs is 1. The van der Waals surface area contributed by atoms with Crippen molar-refractivity contribution in [1.29, 1.82) is 5.26 Å². The highest BCUT2D eigenvalue weighted by Gasteiger charge is 2.38. The molecule has 0 amide bonds. The topological polar surface area (TPSA) is 147 Å². The molecule has 0 atom stereocenters. The van der Waals surface area contributed by atoms with E-state index in [1.54, 1.807) is 17.8 Å². The van der Waals surface area contributed by atoms with Gasteiger partial charge in [0.25, 0.3) is 0 Å². The standard InChI is InChI=1S/C24H30N6O2.C2HF3O2/c1-16-23(28-18-5-3-17(26)4-6-18)21(15-25)22-11-12-27-30(22)24(16)29-19-7-9-20(10-8-19)32-14-13-31-2;3-2(4,5)1(6)7/h7-12,17-18,28-29H,3-6,13-14,26H2,1-2H3;(H,6,7). The zero-order chi connectivity index (χ0) is 28.6. The van der Waals surface area contributed by atoms with Crippen molar-refractivity contribution in [1.82, 2.24) is 9.61 Å². The van der Waals surface area contributed by atoms with Gasteiger partial charge in [0, 0.05) is 30.4 Å². The van der Waals surface area contributed by atoms with E-state index in [0.717, 1.165) is 59.7 Å². The first-order valence-corrected chi connectivity index (χ1v) is 12.3. The number of nitriles is 1. The van der Waals surface area contributed by atoms with E-state index < -0.39 is 12.1 Å². The molecule has 10 nitrogen and oxygen atoms in total. The molecule has 210 valence electrons. The Bertz CT molecular complexity index is 1300. The van der Waals surface area contributed by atoms with Crippen LogP contribution < -0.4 is 21.1 Å². The van der Waals surface area contributed by atoms with E-state index in [9.17, 15) is 18.4 Å². The number of methoxy groups -OCH3 is 1. The summed E-state index contributed by atoms with van der Waals surface area (Å²) in [4.78, 5) is 8.90. The third-order valence-corrected chi connectivity index (χ3v) is 6.24. The highest BCUT2D eigenvalue weighted by atomic mass is 19.4. The SMILES string of the molecule is COCCOc1ccc(Nc2c(C)c(NC3CCC(N)CC3)c(C#N)c3ccnn23)cc1.O=C(O)C(F)(F)F. The molecule has 1 aromatic carbocycles. The number of hydrogen-bond donors (Lipinski definition) is 4. The second-order valence-electron chi connectivity index (χ2n) is 9.01. The van der Waals surface area contributed by atoms with E-state index in [4.69, 9.17) is 25.1 Å². The first-order chi connectivity index (χ1) is 18.5. The Morgan fingerprint density at radius 2 is 1.85 bits per heavy atom. The Balaban J connectivity index is 0.000000532. The van der Waals surface area contributed by atoms with Gasteiger partial charge in [-0.2, -0.15) is 23.5 Å². The number of aromatic nitrogens is 2. The van der Waals surface area contributed by atoms with Crippen LogP contribution in [0.15, 0.2) is 36.5 Å². The highest BCUT2D eigenvalue weighted by molar-refractivity contribution is 5.82. The van der Waals surface area contributed by atoms with Crippen molar-refractivity contribution >= 4 is 28.7 Å². The van der Waals surface area contributed by atoms with Gasteiger partial charge in [0.2, 0.25) is 0 Å². The maximum Gasteiger partial charge on any atom is 0.490 e. The molecule has 1 aliphatic rings. The molecule has 0 aliphatic heterocycles. The number of alkyl halides is 3. The fourth-order valence-corrected chi connectivity index (χ4v) is 4.19. The molecule has 3 aromatic rings. The Labute approximate surface area is 223 Å². The third kappa shape index (κ3) is 7.75. The lowest BCUT2D eigenvalue weighted by Crippen LogP contribution is -2.33. The van der Waals surface area contributed by atoms with Crippen LogP contribution in [0, 0.1) is 18.3 Å². The van der Waals surface area contributed by atoms with Crippen LogP contribution in [-0.2, 0) is 9.53 Å². The van der Waals surface area contributed by atoms with Gasteiger partial charge in [0.15, 0.2) is 0 Å². The molecule has 0 unspecified atom stereocenters. The largest absolute Gasteiger partial charge is 0.491 e. The molecule has 2 heterocycles. The van der Waals surface area contributed by atoms with Gasteiger partial charge in [0.1, 0.15) is 29.8 Å². The third-order valence-electron chi connectivity index (χ3n) is 6.24. The number of benzene rings is 1. The summed E-state index contributed by atoms with van der Waals surface area (Å²) in [6.07, 6.45) is 0.637. The summed E-state index contributed by atoms with van der Waals surface area (Å²) >= 11 is 0. The van der Waals surface area contributed by atoms with E-state index in [0.29, 0.717) is 24.8 Å². The number of anilines is 3. The van der Waals surface area contributed by atoms with Crippen LogP contribution in [0.2, 0.25) is 0 Å². The van der Waals surface area contributed by atoms with Crippen molar-refractivity contribution in [2.45, 2.75) is 50.9 Å². The van der Waals surface area contributed by atoms with Crippen LogP contribution in [0.25, 0.3) is 5.52 Å². The number of nitrogens with two attached hydrogens (primary N) is 1. The molecule has 4 rings (SSSR count). The van der Waals surface area contributed by atoms with Crippen molar-refractivity contribution < 1.29 is 32.5 Å². The summed E-state index contributed by atoms with van der Waals surface area (Å²) < 4.78 is 44.2. The van der Waals surface area contributed by atoms with Crippen molar-refractivity contribution in [3.05, 3.63) is 47.7 Å². The smallest absolute Gasteiger partial charge is 0.490 e. The minimum Gasteiger partial charge on any atom is -0.491 e. The Morgan fingerprint density at radius 1 is 1.21 bits per heavy atom. The molecule has 39 heavy (non-hydrogen) atoms. The van der Waals surface area contributed by atoms with E-state index in [-0.39, 0.29) is 6.04 Å². The number of pyridine rings is 1. The molecular formula is C26H31F3N6O4. The first kappa shape index (κ1) is 29.5. The van der Waals surface area contributed by atoms with Crippen molar-refractivity contribution in [2.24, 2.45) is 5.73 Å². The number of halogens is 3. The molecule has 13 heteroatoms. The van der Waals surface area contributed by atoms with Gasteiger partial charge in [0.05, 0.1) is 24.0 Å². The van der Waals surface area contributed by atoms with E-state index in [1.165, 1.54) is 0 Å². The van der Waals surface area contributed by atoms with Gasteiger partial charge < -0.3 is 30.9 Å². The summed E-state index contributed by atoms with van der Waals surface area (Å²) in [7, 11) is 1.65. The van der Waals surface area contributed by atoms with Gasteiger partial charge in [-0.3, -0.25) is 0 Å². The fraction of sp³-hybridized carbons (Fsp3) is 0.423. The Kier molecular flexibility index (Phi) is 9.97. The Morgan fingerprint density at radius 3 is 2.41 bits per heavy atom. The average Bonchev–Trinajstić information content (AvgIpc) is 3.38. The zero-order valence-corrected chi connectivity index (χ0v) is 21.6. The van der Waals surface area contributed by atoms with Crippen LogP contribution in [0.3, 0.4) is 0 Å². The molecule has 1 aliphatic carbocycles. The second-order valence-corrected chi connectivity index (χ2v) is 9.01. The molecule has 1 fully saturated rings. The van der Waals surface area contributed by atoms with Crippen molar-refractivity contribution in [2.75, 3.05) is 31.0 Å². The minimum atomic E-state index is -5.08. The number of hydrogen-bond acceptors (Lipinski definition) is 8. The second kappa shape index (κ2) is 13.2. The summed E-state index contributed by atoms with van der Waals surface area (Å²) in [5.41, 5.74) is 10.2. The number of nitrogens with zero attached hydrogens (tertiary/aromatic N) is 3. The molecule has 5 N–H and O–H groups in total. The summed E-state index contributed by atoms with van der Waals surface area (Å²) in [5, 5.41) is 28.7. The number of aliphatic carboxylic acids is 1. The quantitative estimate of drug-likeness (QED) is 0.297. The molecule has 0 bridgehead atoms. The summed E-state index contributed by atoms with van der Waals surface area (Å²) in [5.74, 6) is -1.15. The lowest BCUT2D eigenvalue weighted by molar-refractivity contribution is -0.192. The van der Waals surface area contributed by atoms with Crippen LogP contribution >= 0.6 is 0 Å². The van der Waals surface area contributed by atoms with Gasteiger partial charge in [-0.05, 0) is 62.9 Å². The Hall–Kier alpha value is -4.02. The number of carboxylic acids is 1. The van der Waals surface area contributed by atoms with Crippen molar-refractivity contribution in [3.8, 4) is 11.8 Å². The molecule has 0 radical (unpaired) electrons. The number of nitrogens with one attached hydrogen (secondary N) is 2. The zero-order valence-electron chi connectivity index (χ0n) is 21.6. The van der Waals surface area contributed by atoms with Gasteiger partial charge in [-0.1, -0.05) is 0 Å². The predicted octanol–water partition coefficient (Wildman–Crippen LogP) is 4.60. The molecular weight excluding hydrogens is 517 g/mol. The minimum absolute atomic E-state index is 0.278. The lowest BCUT2D eigenvalue weighted by atomic mass is 9.91. The van der Waals surface area contributed by atoms with Crippen LogP contribution in [0.4, 0.5) is 30.4 Å². The molecule has 2 aromatic heterocycles. The van der Waals surface area contributed by atoms with Crippen LogP contribution in [-0.4, -0.2) is 59.3 Å². The molecule has 0 spiro atoms. The van der Waals surface area contributed by atoms with E-state index in [1.807, 2.05) is 37.3 Å². The number of ether oxygens (including phenoxy) is 2.